The number of carbonyl (C=O) groups is 2. The summed E-state index contributed by atoms with van der Waals surface area (Å²) in [5.41, 5.74) is 2.04. The highest BCUT2D eigenvalue weighted by atomic mass is 32.2. The summed E-state index contributed by atoms with van der Waals surface area (Å²) in [6.07, 6.45) is 1.43. The van der Waals surface area contributed by atoms with Gasteiger partial charge in [-0.25, -0.2) is 8.42 Å². The molecule has 0 fully saturated rings. The summed E-state index contributed by atoms with van der Waals surface area (Å²) >= 11 is 1.31. The number of aromatic nitrogens is 1. The van der Waals surface area contributed by atoms with Crippen LogP contribution in [0, 0.1) is 6.92 Å². The largest absolute Gasteiger partial charge is 0.465 e. The van der Waals surface area contributed by atoms with E-state index in [4.69, 9.17) is 4.74 Å². The number of sulfonamides is 1. The molecule has 188 valence electrons. The molecule has 1 amide bonds. The van der Waals surface area contributed by atoms with Gasteiger partial charge >= 0.3 is 5.97 Å². The Bertz CT molecular complexity index is 1370. The maximum absolute atomic E-state index is 13.0. The summed E-state index contributed by atoms with van der Waals surface area (Å²) in [7, 11) is -3.64. The lowest BCUT2D eigenvalue weighted by Crippen LogP contribution is -2.32. The molecule has 0 N–H and O–H groups in total. The second kappa shape index (κ2) is 11.7. The van der Waals surface area contributed by atoms with Crippen LogP contribution in [0.1, 0.15) is 49.5 Å². The summed E-state index contributed by atoms with van der Waals surface area (Å²) in [5, 5.41) is 0. The van der Waals surface area contributed by atoms with Gasteiger partial charge < -0.3 is 9.30 Å². The maximum Gasteiger partial charge on any atom is 0.326 e. The molecule has 0 aliphatic carbocycles. The number of hydrogen-bond acceptors (Lipinski definition) is 6. The van der Waals surface area contributed by atoms with Gasteiger partial charge in [0.15, 0.2) is 4.80 Å². The van der Waals surface area contributed by atoms with E-state index in [9.17, 15) is 18.0 Å². The minimum Gasteiger partial charge on any atom is -0.465 e. The van der Waals surface area contributed by atoms with Crippen molar-refractivity contribution in [2.45, 2.75) is 52.0 Å². The summed E-state index contributed by atoms with van der Waals surface area (Å²) < 4.78 is 35.1. The number of nitrogens with zero attached hydrogens (tertiary/aromatic N) is 3. The molecule has 0 aliphatic rings. The zero-order valence-electron chi connectivity index (χ0n) is 20.5. The van der Waals surface area contributed by atoms with Gasteiger partial charge in [-0.05, 0) is 62.6 Å². The minimum atomic E-state index is -3.64. The lowest BCUT2D eigenvalue weighted by atomic mass is 10.2. The van der Waals surface area contributed by atoms with Crippen molar-refractivity contribution >= 4 is 43.5 Å². The highest BCUT2D eigenvalue weighted by molar-refractivity contribution is 7.89. The number of hydrogen-bond donors (Lipinski definition) is 0. The monoisotopic (exact) mass is 517 g/mol. The molecule has 8 nitrogen and oxygen atoms in total. The predicted molar refractivity (Wildman–Crippen MR) is 137 cm³/mol. The average Bonchev–Trinajstić information content (AvgIpc) is 3.17. The Labute approximate surface area is 209 Å². The third-order valence-corrected chi connectivity index (χ3v) is 8.33. The summed E-state index contributed by atoms with van der Waals surface area (Å²) in [6.45, 7) is 8.62. The smallest absolute Gasteiger partial charge is 0.326 e. The SMILES string of the molecule is CCCN(CCC)S(=O)(=O)c1ccc(C(=O)N=c2sc3cccc(C)c3n2CC(=O)OCC)cc1. The fraction of sp³-hybridized carbons (Fsp3) is 0.400. The fourth-order valence-corrected chi connectivity index (χ4v) is 6.53. The number of ether oxygens (including phenoxy) is 1. The number of rotatable bonds is 10. The molecule has 0 unspecified atom stereocenters. The lowest BCUT2D eigenvalue weighted by molar-refractivity contribution is -0.143. The quantitative estimate of drug-likeness (QED) is 0.377. The zero-order chi connectivity index (χ0) is 25.6. The first-order valence-electron chi connectivity index (χ1n) is 11.7. The van der Waals surface area contributed by atoms with Crippen LogP contribution < -0.4 is 4.80 Å². The van der Waals surface area contributed by atoms with Crippen LogP contribution in [0.3, 0.4) is 0 Å². The Morgan fingerprint density at radius 1 is 1.03 bits per heavy atom. The molecule has 35 heavy (non-hydrogen) atoms. The molecule has 3 aromatic rings. The van der Waals surface area contributed by atoms with E-state index in [2.05, 4.69) is 4.99 Å². The van der Waals surface area contributed by atoms with Crippen molar-refractivity contribution in [2.75, 3.05) is 19.7 Å². The maximum atomic E-state index is 13.0. The summed E-state index contributed by atoms with van der Waals surface area (Å²) in [4.78, 5) is 30.0. The molecule has 0 saturated heterocycles. The van der Waals surface area contributed by atoms with E-state index >= 15 is 0 Å². The molecule has 1 heterocycles. The van der Waals surface area contributed by atoms with Gasteiger partial charge in [-0.3, -0.25) is 9.59 Å². The molecule has 2 aromatic carbocycles. The Hall–Kier alpha value is -2.82. The summed E-state index contributed by atoms with van der Waals surface area (Å²) in [6, 6.07) is 11.6. The number of carbonyl (C=O) groups excluding carboxylic acids is 2. The van der Waals surface area contributed by atoms with Crippen molar-refractivity contribution in [3.05, 3.63) is 58.4 Å². The van der Waals surface area contributed by atoms with Crippen molar-refractivity contribution in [3.8, 4) is 0 Å². The van der Waals surface area contributed by atoms with Crippen LogP contribution in [-0.2, 0) is 26.1 Å². The number of amides is 1. The highest BCUT2D eigenvalue weighted by Crippen LogP contribution is 2.22. The molecule has 1 aromatic heterocycles. The molecular weight excluding hydrogens is 486 g/mol. The van der Waals surface area contributed by atoms with Crippen LogP contribution in [0.5, 0.6) is 0 Å². The molecular formula is C25H31N3O5S2. The van der Waals surface area contributed by atoms with E-state index in [1.54, 1.807) is 11.5 Å². The Kier molecular flexibility index (Phi) is 8.98. The molecule has 0 spiro atoms. The van der Waals surface area contributed by atoms with Gasteiger partial charge in [0.05, 0.1) is 21.7 Å². The number of para-hydroxylation sites is 1. The zero-order valence-corrected chi connectivity index (χ0v) is 22.1. The second-order valence-electron chi connectivity index (χ2n) is 8.04. The van der Waals surface area contributed by atoms with Crippen molar-refractivity contribution in [1.29, 1.82) is 0 Å². The van der Waals surface area contributed by atoms with Gasteiger partial charge in [-0.15, -0.1) is 0 Å². The van der Waals surface area contributed by atoms with Crippen LogP contribution in [0.15, 0.2) is 52.4 Å². The normalized spacial score (nSPS) is 12.4. The van der Waals surface area contributed by atoms with Crippen LogP contribution in [0.4, 0.5) is 0 Å². The van der Waals surface area contributed by atoms with Gasteiger partial charge in [0.25, 0.3) is 5.91 Å². The number of esters is 1. The van der Waals surface area contributed by atoms with E-state index in [1.165, 1.54) is 39.9 Å². The number of benzene rings is 2. The van der Waals surface area contributed by atoms with E-state index in [0.29, 0.717) is 17.9 Å². The molecule has 10 heteroatoms. The van der Waals surface area contributed by atoms with Gasteiger partial charge in [0, 0.05) is 18.7 Å². The van der Waals surface area contributed by atoms with E-state index in [1.807, 2.05) is 39.0 Å². The number of aryl methyl sites for hydroxylation is 1. The topological polar surface area (TPSA) is 98.0 Å². The number of thiazole rings is 1. The highest BCUT2D eigenvalue weighted by Gasteiger charge is 2.23. The lowest BCUT2D eigenvalue weighted by Gasteiger charge is -2.21. The third kappa shape index (κ3) is 6.06. The van der Waals surface area contributed by atoms with E-state index in [-0.39, 0.29) is 23.6 Å². The first-order valence-corrected chi connectivity index (χ1v) is 13.9. The second-order valence-corrected chi connectivity index (χ2v) is 11.0. The Balaban J connectivity index is 1.98. The van der Waals surface area contributed by atoms with Crippen LogP contribution in [-0.4, -0.2) is 48.9 Å². The molecule has 0 saturated carbocycles. The Morgan fingerprint density at radius 3 is 2.29 bits per heavy atom. The van der Waals surface area contributed by atoms with Crippen molar-refractivity contribution in [2.24, 2.45) is 4.99 Å². The van der Waals surface area contributed by atoms with Gasteiger partial charge in [-0.2, -0.15) is 9.30 Å². The standard InChI is InChI=1S/C25H31N3O5S2/c1-5-15-27(16-6-2)35(31,32)20-13-11-19(12-14-20)24(30)26-25-28(17-22(29)33-7-3)23-18(4)9-8-10-21(23)34-25/h8-14H,5-7,15-17H2,1-4H3. The Morgan fingerprint density at radius 2 is 1.69 bits per heavy atom. The van der Waals surface area contributed by atoms with Gasteiger partial charge in [0.1, 0.15) is 6.54 Å². The average molecular weight is 518 g/mol. The first-order chi connectivity index (χ1) is 16.7. The van der Waals surface area contributed by atoms with E-state index < -0.39 is 21.9 Å². The third-order valence-electron chi connectivity index (χ3n) is 5.38. The van der Waals surface area contributed by atoms with Crippen molar-refractivity contribution < 1.29 is 22.7 Å². The first kappa shape index (κ1) is 26.8. The van der Waals surface area contributed by atoms with Gasteiger partial charge in [0.2, 0.25) is 10.0 Å². The van der Waals surface area contributed by atoms with Crippen LogP contribution >= 0.6 is 11.3 Å². The fourth-order valence-electron chi connectivity index (χ4n) is 3.80. The van der Waals surface area contributed by atoms with Gasteiger partial charge in [-0.1, -0.05) is 37.3 Å². The summed E-state index contributed by atoms with van der Waals surface area (Å²) in [5.74, 6) is -0.933. The number of fused-ring (bicyclic) bond motifs is 1. The molecule has 0 radical (unpaired) electrons. The minimum absolute atomic E-state index is 0.0628. The molecule has 0 bridgehead atoms. The predicted octanol–water partition coefficient (Wildman–Crippen LogP) is 4.13. The van der Waals surface area contributed by atoms with Crippen LogP contribution in [0.2, 0.25) is 0 Å². The van der Waals surface area contributed by atoms with Crippen molar-refractivity contribution in [1.82, 2.24) is 8.87 Å². The van der Waals surface area contributed by atoms with E-state index in [0.717, 1.165) is 28.6 Å². The van der Waals surface area contributed by atoms with Crippen molar-refractivity contribution in [3.63, 3.8) is 0 Å². The van der Waals surface area contributed by atoms with Crippen LogP contribution in [0.25, 0.3) is 10.2 Å². The molecule has 0 atom stereocenters. The molecule has 0 aliphatic heterocycles. The molecule has 3 rings (SSSR count).